The van der Waals surface area contributed by atoms with Crippen molar-refractivity contribution in [2.24, 2.45) is 5.92 Å². The molecular formula is C14H25NO2. The molecule has 0 radical (unpaired) electrons. The Morgan fingerprint density at radius 3 is 2.59 bits per heavy atom. The molecule has 1 N–H and O–H groups in total. The van der Waals surface area contributed by atoms with E-state index >= 15 is 0 Å². The second-order valence-electron chi connectivity index (χ2n) is 5.76. The molecule has 1 saturated carbocycles. The van der Waals surface area contributed by atoms with Crippen molar-refractivity contribution < 1.29 is 9.90 Å². The minimum Gasteiger partial charge on any atom is -0.480 e. The minimum atomic E-state index is -0.572. The molecule has 1 aliphatic heterocycles. The molecule has 2 aliphatic rings. The predicted molar refractivity (Wildman–Crippen MR) is 68.0 cm³/mol. The Kier molecular flexibility index (Phi) is 4.08. The molecule has 1 saturated heterocycles. The largest absolute Gasteiger partial charge is 0.480 e. The van der Waals surface area contributed by atoms with Crippen molar-refractivity contribution in [1.82, 2.24) is 4.90 Å². The van der Waals surface area contributed by atoms with Gasteiger partial charge in [-0.05, 0) is 44.7 Å². The monoisotopic (exact) mass is 239 g/mol. The summed E-state index contributed by atoms with van der Waals surface area (Å²) in [6, 6.07) is 0. The number of nitrogens with zero attached hydrogens (tertiary/aromatic N) is 1. The Morgan fingerprint density at radius 2 is 2.00 bits per heavy atom. The van der Waals surface area contributed by atoms with Gasteiger partial charge in [-0.1, -0.05) is 32.6 Å². The third-order valence-electron chi connectivity index (χ3n) is 4.77. The number of carboxylic acid groups (broad SMARTS) is 1. The third kappa shape index (κ3) is 2.49. The van der Waals surface area contributed by atoms with Crippen LogP contribution in [-0.2, 0) is 4.79 Å². The lowest BCUT2D eigenvalue weighted by molar-refractivity contribution is -0.156. The van der Waals surface area contributed by atoms with Gasteiger partial charge in [-0.25, -0.2) is 0 Å². The van der Waals surface area contributed by atoms with Crippen LogP contribution in [0.15, 0.2) is 0 Å². The van der Waals surface area contributed by atoms with E-state index in [1.165, 1.54) is 25.7 Å². The number of hydrogen-bond acceptors (Lipinski definition) is 2. The fourth-order valence-electron chi connectivity index (χ4n) is 3.65. The zero-order chi connectivity index (χ0) is 12.3. The van der Waals surface area contributed by atoms with Gasteiger partial charge in [0.05, 0.1) is 0 Å². The van der Waals surface area contributed by atoms with E-state index < -0.39 is 11.5 Å². The second kappa shape index (κ2) is 5.38. The van der Waals surface area contributed by atoms with Crippen molar-refractivity contribution in [3.8, 4) is 0 Å². The highest BCUT2D eigenvalue weighted by atomic mass is 16.4. The van der Waals surface area contributed by atoms with Crippen LogP contribution in [0.2, 0.25) is 0 Å². The SMILES string of the molecule is CCC1CCCC(C(=O)O)(N2CCCCC2)C1. The zero-order valence-electron chi connectivity index (χ0n) is 11.0. The van der Waals surface area contributed by atoms with Crippen LogP contribution in [0.4, 0.5) is 0 Å². The first-order chi connectivity index (χ1) is 8.19. The summed E-state index contributed by atoms with van der Waals surface area (Å²) in [5, 5.41) is 9.71. The summed E-state index contributed by atoms with van der Waals surface area (Å²) in [6.45, 7) is 4.17. The summed E-state index contributed by atoms with van der Waals surface area (Å²) < 4.78 is 0. The lowest BCUT2D eigenvalue weighted by Gasteiger charge is -2.47. The van der Waals surface area contributed by atoms with Crippen molar-refractivity contribution in [3.05, 3.63) is 0 Å². The van der Waals surface area contributed by atoms with Crippen LogP contribution in [0, 0.1) is 5.92 Å². The molecular weight excluding hydrogens is 214 g/mol. The van der Waals surface area contributed by atoms with Crippen LogP contribution in [0.3, 0.4) is 0 Å². The summed E-state index contributed by atoms with van der Waals surface area (Å²) >= 11 is 0. The van der Waals surface area contributed by atoms with Gasteiger partial charge in [-0.15, -0.1) is 0 Å². The molecule has 0 bridgehead atoms. The molecule has 2 rings (SSSR count). The van der Waals surface area contributed by atoms with Crippen LogP contribution in [0.1, 0.15) is 58.3 Å². The Hall–Kier alpha value is -0.570. The van der Waals surface area contributed by atoms with Crippen LogP contribution in [-0.4, -0.2) is 34.6 Å². The Bertz CT molecular complexity index is 273. The molecule has 2 atom stereocenters. The van der Waals surface area contributed by atoms with Gasteiger partial charge in [-0.3, -0.25) is 9.69 Å². The second-order valence-corrected chi connectivity index (χ2v) is 5.76. The van der Waals surface area contributed by atoms with Crippen molar-refractivity contribution in [2.75, 3.05) is 13.1 Å². The van der Waals surface area contributed by atoms with E-state index in [9.17, 15) is 9.90 Å². The summed E-state index contributed by atoms with van der Waals surface area (Å²) in [4.78, 5) is 14.1. The van der Waals surface area contributed by atoms with Crippen LogP contribution in [0.5, 0.6) is 0 Å². The van der Waals surface area contributed by atoms with E-state index in [0.717, 1.165) is 38.8 Å². The summed E-state index contributed by atoms with van der Waals surface area (Å²) in [6.07, 6.45) is 8.78. The van der Waals surface area contributed by atoms with Crippen LogP contribution < -0.4 is 0 Å². The lowest BCUT2D eigenvalue weighted by atomic mass is 9.73. The molecule has 0 aromatic rings. The molecule has 1 heterocycles. The Labute approximate surface area is 104 Å². The fraction of sp³-hybridized carbons (Fsp3) is 0.929. The molecule has 2 unspecified atom stereocenters. The maximum absolute atomic E-state index is 11.8. The van der Waals surface area contributed by atoms with E-state index in [1.807, 2.05) is 0 Å². The number of hydrogen-bond donors (Lipinski definition) is 1. The molecule has 0 spiro atoms. The standard InChI is InChI=1S/C14H25NO2/c1-2-12-7-6-8-14(11-12,13(16)17)15-9-4-3-5-10-15/h12H,2-11H2,1H3,(H,16,17). The Balaban J connectivity index is 2.15. The van der Waals surface area contributed by atoms with Crippen molar-refractivity contribution in [3.63, 3.8) is 0 Å². The van der Waals surface area contributed by atoms with Gasteiger partial charge in [0.1, 0.15) is 5.54 Å². The molecule has 17 heavy (non-hydrogen) atoms. The predicted octanol–water partition coefficient (Wildman–Crippen LogP) is 2.90. The number of likely N-dealkylation sites (tertiary alicyclic amines) is 1. The number of aliphatic carboxylic acids is 1. The number of carboxylic acids is 1. The molecule has 3 heteroatoms. The first-order valence-electron chi connectivity index (χ1n) is 7.17. The van der Waals surface area contributed by atoms with E-state index in [0.29, 0.717) is 5.92 Å². The maximum atomic E-state index is 11.8. The highest BCUT2D eigenvalue weighted by molar-refractivity contribution is 5.79. The highest BCUT2D eigenvalue weighted by Crippen LogP contribution is 2.39. The molecule has 98 valence electrons. The van der Waals surface area contributed by atoms with E-state index in [4.69, 9.17) is 0 Å². The molecule has 0 aromatic heterocycles. The fourth-order valence-corrected chi connectivity index (χ4v) is 3.65. The Morgan fingerprint density at radius 1 is 1.29 bits per heavy atom. The smallest absolute Gasteiger partial charge is 0.324 e. The van der Waals surface area contributed by atoms with Gasteiger partial charge in [0.25, 0.3) is 0 Å². The lowest BCUT2D eigenvalue weighted by Crippen LogP contribution is -2.58. The van der Waals surface area contributed by atoms with E-state index in [2.05, 4.69) is 11.8 Å². The average Bonchev–Trinajstić information content (AvgIpc) is 2.39. The van der Waals surface area contributed by atoms with Crippen LogP contribution >= 0.6 is 0 Å². The number of piperidine rings is 1. The number of carbonyl (C=O) groups is 1. The molecule has 0 amide bonds. The van der Waals surface area contributed by atoms with Gasteiger partial charge in [-0.2, -0.15) is 0 Å². The average molecular weight is 239 g/mol. The first-order valence-corrected chi connectivity index (χ1v) is 7.17. The summed E-state index contributed by atoms with van der Waals surface area (Å²) in [5.41, 5.74) is -0.528. The van der Waals surface area contributed by atoms with Gasteiger partial charge in [0.15, 0.2) is 0 Å². The first kappa shape index (κ1) is 12.9. The van der Waals surface area contributed by atoms with Gasteiger partial charge in [0.2, 0.25) is 0 Å². The molecule has 0 aromatic carbocycles. The van der Waals surface area contributed by atoms with Crippen LogP contribution in [0.25, 0.3) is 0 Å². The van der Waals surface area contributed by atoms with Gasteiger partial charge >= 0.3 is 5.97 Å². The normalized spacial score (nSPS) is 35.7. The van der Waals surface area contributed by atoms with E-state index in [1.54, 1.807) is 0 Å². The highest BCUT2D eigenvalue weighted by Gasteiger charge is 2.47. The topological polar surface area (TPSA) is 40.5 Å². The summed E-state index contributed by atoms with van der Waals surface area (Å²) in [5.74, 6) is 0.0410. The quantitative estimate of drug-likeness (QED) is 0.823. The van der Waals surface area contributed by atoms with Gasteiger partial charge < -0.3 is 5.11 Å². The maximum Gasteiger partial charge on any atom is 0.324 e. The number of rotatable bonds is 3. The van der Waals surface area contributed by atoms with Crippen molar-refractivity contribution >= 4 is 5.97 Å². The third-order valence-corrected chi connectivity index (χ3v) is 4.77. The summed E-state index contributed by atoms with van der Waals surface area (Å²) in [7, 11) is 0. The van der Waals surface area contributed by atoms with Crippen molar-refractivity contribution in [1.29, 1.82) is 0 Å². The molecule has 1 aliphatic carbocycles. The molecule has 3 nitrogen and oxygen atoms in total. The van der Waals surface area contributed by atoms with Gasteiger partial charge in [0, 0.05) is 0 Å². The molecule has 2 fully saturated rings. The van der Waals surface area contributed by atoms with E-state index in [-0.39, 0.29) is 0 Å². The minimum absolute atomic E-state index is 0.528. The zero-order valence-corrected chi connectivity index (χ0v) is 11.0. The van der Waals surface area contributed by atoms with Crippen molar-refractivity contribution in [2.45, 2.75) is 63.8 Å².